The lowest BCUT2D eigenvalue weighted by molar-refractivity contribution is -0.0156. The van der Waals surface area contributed by atoms with Gasteiger partial charge in [-0.15, -0.1) is 0 Å². The minimum Gasteiger partial charge on any atom is -0.378 e. The van der Waals surface area contributed by atoms with Crippen molar-refractivity contribution in [2.24, 2.45) is 0 Å². The number of aromatic amines is 1. The minimum atomic E-state index is 0.140. The van der Waals surface area contributed by atoms with Crippen LogP contribution in [0.25, 0.3) is 11.3 Å². The molecule has 1 fully saturated rings. The van der Waals surface area contributed by atoms with Gasteiger partial charge in [0, 0.05) is 25.5 Å². The van der Waals surface area contributed by atoms with Crippen LogP contribution in [0.5, 0.6) is 0 Å². The molecule has 2 aromatic heterocycles. The molecular weight excluding hydrogens is 312 g/mol. The van der Waals surface area contributed by atoms with Gasteiger partial charge in [0.15, 0.2) is 0 Å². The van der Waals surface area contributed by atoms with E-state index in [0.29, 0.717) is 6.61 Å². The van der Waals surface area contributed by atoms with Crippen LogP contribution in [0, 0.1) is 6.92 Å². The standard InChI is InChI=1S/C20H22N4O/c1-15-2-4-17(5-3-15)18-12-22-20(23-18)19-14-25-11-10-24(19)13-16-6-8-21-9-7-16/h2-9,12,19H,10-11,13-14H2,1H3,(H,22,23). The molecule has 3 aromatic rings. The molecule has 0 saturated carbocycles. The maximum absolute atomic E-state index is 5.72. The van der Waals surface area contributed by atoms with Crippen LogP contribution in [-0.2, 0) is 11.3 Å². The Morgan fingerprint density at radius 3 is 2.76 bits per heavy atom. The Kier molecular flexibility index (Phi) is 4.59. The first-order chi connectivity index (χ1) is 12.3. The Morgan fingerprint density at radius 1 is 1.16 bits per heavy atom. The summed E-state index contributed by atoms with van der Waals surface area (Å²) in [6.07, 6.45) is 5.60. The van der Waals surface area contributed by atoms with Crippen LogP contribution in [0.15, 0.2) is 55.0 Å². The predicted octanol–water partition coefficient (Wildman–Crippen LogP) is 3.35. The fourth-order valence-electron chi connectivity index (χ4n) is 3.19. The molecular formula is C20H22N4O. The highest BCUT2D eigenvalue weighted by molar-refractivity contribution is 5.58. The van der Waals surface area contributed by atoms with Crippen molar-refractivity contribution in [1.29, 1.82) is 0 Å². The number of nitrogens with one attached hydrogen (secondary N) is 1. The largest absolute Gasteiger partial charge is 0.378 e. The number of hydrogen-bond donors (Lipinski definition) is 1. The first-order valence-corrected chi connectivity index (χ1v) is 8.62. The number of benzene rings is 1. The van der Waals surface area contributed by atoms with Crippen molar-refractivity contribution in [3.63, 3.8) is 0 Å². The summed E-state index contributed by atoms with van der Waals surface area (Å²) >= 11 is 0. The summed E-state index contributed by atoms with van der Waals surface area (Å²) < 4.78 is 5.72. The van der Waals surface area contributed by atoms with E-state index in [-0.39, 0.29) is 6.04 Å². The number of H-pyrrole nitrogens is 1. The van der Waals surface area contributed by atoms with Crippen LogP contribution in [-0.4, -0.2) is 39.6 Å². The summed E-state index contributed by atoms with van der Waals surface area (Å²) in [4.78, 5) is 14.6. The zero-order chi connectivity index (χ0) is 17.1. The van der Waals surface area contributed by atoms with Crippen molar-refractivity contribution in [1.82, 2.24) is 19.9 Å². The first-order valence-electron chi connectivity index (χ1n) is 8.62. The Balaban J connectivity index is 1.55. The van der Waals surface area contributed by atoms with Gasteiger partial charge in [-0.2, -0.15) is 0 Å². The lowest BCUT2D eigenvalue weighted by Gasteiger charge is -2.34. The van der Waals surface area contributed by atoms with E-state index in [2.05, 4.69) is 63.2 Å². The summed E-state index contributed by atoms with van der Waals surface area (Å²) in [6, 6.07) is 12.8. The van der Waals surface area contributed by atoms with E-state index in [1.54, 1.807) is 0 Å². The van der Waals surface area contributed by atoms with Gasteiger partial charge in [-0.1, -0.05) is 29.8 Å². The molecule has 128 valence electrons. The number of aromatic nitrogens is 3. The molecule has 1 N–H and O–H groups in total. The van der Waals surface area contributed by atoms with Crippen LogP contribution in [0.4, 0.5) is 0 Å². The number of hydrogen-bond acceptors (Lipinski definition) is 4. The molecule has 1 aromatic carbocycles. The molecule has 0 radical (unpaired) electrons. The number of imidazole rings is 1. The lowest BCUT2D eigenvalue weighted by atomic mass is 10.1. The van der Waals surface area contributed by atoms with Crippen molar-refractivity contribution in [3.8, 4) is 11.3 Å². The second-order valence-electron chi connectivity index (χ2n) is 6.46. The monoisotopic (exact) mass is 334 g/mol. The average molecular weight is 334 g/mol. The number of aryl methyl sites for hydroxylation is 1. The Bertz CT molecular complexity index is 813. The number of pyridine rings is 1. The van der Waals surface area contributed by atoms with E-state index in [1.807, 2.05) is 18.6 Å². The van der Waals surface area contributed by atoms with Crippen LogP contribution >= 0.6 is 0 Å². The molecule has 1 aliphatic rings. The topological polar surface area (TPSA) is 54.0 Å². The smallest absolute Gasteiger partial charge is 0.126 e. The number of rotatable bonds is 4. The van der Waals surface area contributed by atoms with E-state index in [4.69, 9.17) is 4.74 Å². The van der Waals surface area contributed by atoms with Gasteiger partial charge in [-0.3, -0.25) is 9.88 Å². The second kappa shape index (κ2) is 7.17. The Morgan fingerprint density at radius 2 is 1.96 bits per heavy atom. The second-order valence-corrected chi connectivity index (χ2v) is 6.46. The molecule has 5 nitrogen and oxygen atoms in total. The highest BCUT2D eigenvalue weighted by atomic mass is 16.5. The fraction of sp³-hybridized carbons (Fsp3) is 0.300. The summed E-state index contributed by atoms with van der Waals surface area (Å²) in [6.45, 7) is 5.28. The maximum Gasteiger partial charge on any atom is 0.126 e. The number of ether oxygens (including phenoxy) is 1. The molecule has 0 aliphatic carbocycles. The van der Waals surface area contributed by atoms with Gasteiger partial charge in [0.25, 0.3) is 0 Å². The first kappa shape index (κ1) is 16.0. The summed E-state index contributed by atoms with van der Waals surface area (Å²) in [5.74, 6) is 0.962. The van der Waals surface area contributed by atoms with Gasteiger partial charge in [0.1, 0.15) is 5.82 Å². The van der Waals surface area contributed by atoms with E-state index >= 15 is 0 Å². The van der Waals surface area contributed by atoms with Crippen molar-refractivity contribution in [2.45, 2.75) is 19.5 Å². The van der Waals surface area contributed by atoms with Gasteiger partial charge >= 0.3 is 0 Å². The molecule has 1 unspecified atom stereocenters. The summed E-state index contributed by atoms with van der Waals surface area (Å²) in [5, 5.41) is 0. The molecule has 25 heavy (non-hydrogen) atoms. The molecule has 1 saturated heterocycles. The van der Waals surface area contributed by atoms with Crippen molar-refractivity contribution < 1.29 is 4.74 Å². The molecule has 1 atom stereocenters. The van der Waals surface area contributed by atoms with Crippen LogP contribution in [0.3, 0.4) is 0 Å². The van der Waals surface area contributed by atoms with Gasteiger partial charge in [-0.25, -0.2) is 4.98 Å². The number of nitrogens with zero attached hydrogens (tertiary/aromatic N) is 3. The number of morpholine rings is 1. The third-order valence-corrected chi connectivity index (χ3v) is 4.65. The van der Waals surface area contributed by atoms with Crippen molar-refractivity contribution in [3.05, 3.63) is 71.9 Å². The Labute approximate surface area is 147 Å². The third kappa shape index (κ3) is 3.62. The predicted molar refractivity (Wildman–Crippen MR) is 97.0 cm³/mol. The molecule has 0 spiro atoms. The van der Waals surface area contributed by atoms with E-state index < -0.39 is 0 Å². The van der Waals surface area contributed by atoms with Crippen LogP contribution in [0.1, 0.15) is 23.0 Å². The third-order valence-electron chi connectivity index (χ3n) is 4.65. The average Bonchev–Trinajstić information content (AvgIpc) is 3.14. The molecule has 3 heterocycles. The maximum atomic E-state index is 5.72. The van der Waals surface area contributed by atoms with Gasteiger partial charge in [-0.05, 0) is 30.2 Å². The zero-order valence-corrected chi connectivity index (χ0v) is 14.4. The lowest BCUT2D eigenvalue weighted by Crippen LogP contribution is -2.39. The van der Waals surface area contributed by atoms with Gasteiger partial charge in [0.05, 0.1) is 31.1 Å². The fourth-order valence-corrected chi connectivity index (χ4v) is 3.19. The van der Waals surface area contributed by atoms with Crippen LogP contribution in [0.2, 0.25) is 0 Å². The highest BCUT2D eigenvalue weighted by Crippen LogP contribution is 2.26. The van der Waals surface area contributed by atoms with Gasteiger partial charge < -0.3 is 9.72 Å². The zero-order valence-electron chi connectivity index (χ0n) is 14.4. The normalized spacial score (nSPS) is 18.4. The molecule has 0 amide bonds. The van der Waals surface area contributed by atoms with Crippen LogP contribution < -0.4 is 0 Å². The summed E-state index contributed by atoms with van der Waals surface area (Å²) in [7, 11) is 0. The van der Waals surface area contributed by atoms with Crippen molar-refractivity contribution in [2.75, 3.05) is 19.8 Å². The quantitative estimate of drug-likeness (QED) is 0.795. The minimum absolute atomic E-state index is 0.140. The molecule has 5 heteroatoms. The van der Waals surface area contributed by atoms with E-state index in [9.17, 15) is 0 Å². The molecule has 1 aliphatic heterocycles. The SMILES string of the molecule is Cc1ccc(-c2cnc(C3COCCN3Cc3ccncc3)[nH]2)cc1. The van der Waals surface area contributed by atoms with E-state index in [0.717, 1.165) is 36.8 Å². The van der Waals surface area contributed by atoms with Crippen molar-refractivity contribution >= 4 is 0 Å². The molecule has 0 bridgehead atoms. The summed E-state index contributed by atoms with van der Waals surface area (Å²) in [5.41, 5.74) is 4.71. The molecule has 4 rings (SSSR count). The van der Waals surface area contributed by atoms with Gasteiger partial charge in [0.2, 0.25) is 0 Å². The van der Waals surface area contributed by atoms with E-state index in [1.165, 1.54) is 11.1 Å². The Hall–Kier alpha value is -2.50. The highest BCUT2D eigenvalue weighted by Gasteiger charge is 2.27.